The second kappa shape index (κ2) is 5.55. The topological polar surface area (TPSA) is 103 Å². The molecule has 0 saturated heterocycles. The number of aromatic nitrogens is 3. The molecule has 1 aromatic heterocycles. The van der Waals surface area contributed by atoms with Crippen molar-refractivity contribution in [2.24, 2.45) is 0 Å². The van der Waals surface area contributed by atoms with E-state index in [0.717, 1.165) is 0 Å². The third-order valence-corrected chi connectivity index (χ3v) is 4.14. The van der Waals surface area contributed by atoms with E-state index >= 15 is 0 Å². The number of halogens is 1. The van der Waals surface area contributed by atoms with Gasteiger partial charge < -0.3 is 5.73 Å². The Morgan fingerprint density at radius 3 is 2.84 bits per heavy atom. The number of nitrogen functional groups attached to an aromatic ring is 1. The highest BCUT2D eigenvalue weighted by Crippen LogP contribution is 2.21. The highest BCUT2D eigenvalue weighted by Gasteiger charge is 2.16. The predicted molar refractivity (Wildman–Crippen MR) is 71.1 cm³/mol. The molecule has 2 rings (SSSR count). The molecule has 0 amide bonds. The molecule has 3 N–H and O–H groups in total. The van der Waals surface area contributed by atoms with E-state index in [1.54, 1.807) is 6.20 Å². The highest BCUT2D eigenvalue weighted by molar-refractivity contribution is 7.89. The van der Waals surface area contributed by atoms with Crippen molar-refractivity contribution in [2.75, 3.05) is 12.3 Å². The number of nitrogens with one attached hydrogen (secondary N) is 1. The Morgan fingerprint density at radius 2 is 2.21 bits per heavy atom. The normalized spacial score (nSPS) is 11.6. The maximum absolute atomic E-state index is 12.0. The van der Waals surface area contributed by atoms with Crippen LogP contribution in [0.25, 0.3) is 0 Å². The molecule has 0 aliphatic heterocycles. The summed E-state index contributed by atoms with van der Waals surface area (Å²) in [6.07, 6.45) is 3.16. The number of sulfonamides is 1. The number of hydrogen-bond acceptors (Lipinski definition) is 5. The van der Waals surface area contributed by atoms with E-state index in [2.05, 4.69) is 15.0 Å². The molecule has 0 aliphatic rings. The van der Waals surface area contributed by atoms with E-state index in [0.29, 0.717) is 11.6 Å². The summed E-state index contributed by atoms with van der Waals surface area (Å²) in [6, 6.07) is 4.24. The summed E-state index contributed by atoms with van der Waals surface area (Å²) in [4.78, 5) is 0.00971. The Hall–Kier alpha value is -1.64. The Morgan fingerprint density at radius 1 is 1.42 bits per heavy atom. The molecule has 102 valence electrons. The Bertz CT molecular complexity index is 657. The van der Waals surface area contributed by atoms with E-state index in [1.807, 2.05) is 0 Å². The summed E-state index contributed by atoms with van der Waals surface area (Å²) in [6.45, 7) is 0.570. The molecule has 0 saturated carbocycles. The van der Waals surface area contributed by atoms with Crippen LogP contribution in [0.15, 0.2) is 35.5 Å². The quantitative estimate of drug-likeness (QED) is 0.782. The van der Waals surface area contributed by atoms with Crippen LogP contribution < -0.4 is 10.5 Å². The minimum atomic E-state index is -3.66. The molecule has 0 unspecified atom stereocenters. The molecule has 2 aromatic rings. The van der Waals surface area contributed by atoms with Gasteiger partial charge in [0.05, 0.1) is 18.4 Å². The number of nitrogens with two attached hydrogens (primary N) is 1. The van der Waals surface area contributed by atoms with Crippen LogP contribution in [0, 0.1) is 0 Å². The van der Waals surface area contributed by atoms with E-state index in [-0.39, 0.29) is 17.1 Å². The van der Waals surface area contributed by atoms with Crippen LogP contribution in [-0.4, -0.2) is 30.0 Å². The first-order valence-corrected chi connectivity index (χ1v) is 7.24. The van der Waals surface area contributed by atoms with Crippen molar-refractivity contribution >= 4 is 27.3 Å². The summed E-state index contributed by atoms with van der Waals surface area (Å²) in [5, 5.41) is 7.74. The minimum Gasteiger partial charge on any atom is -0.398 e. The molecule has 0 spiro atoms. The molecular weight excluding hydrogens is 290 g/mol. The fraction of sp³-hybridized carbons (Fsp3) is 0.200. The maximum atomic E-state index is 12.0. The highest BCUT2D eigenvalue weighted by atomic mass is 35.5. The van der Waals surface area contributed by atoms with Crippen LogP contribution in [0.2, 0.25) is 5.02 Å². The van der Waals surface area contributed by atoms with Gasteiger partial charge in [-0.15, -0.1) is 5.10 Å². The Labute approximate surface area is 115 Å². The van der Waals surface area contributed by atoms with Crippen LogP contribution in [0.1, 0.15) is 0 Å². The molecule has 1 aromatic carbocycles. The van der Waals surface area contributed by atoms with Gasteiger partial charge in [0.2, 0.25) is 10.0 Å². The number of rotatable bonds is 5. The fourth-order valence-corrected chi connectivity index (χ4v) is 2.80. The van der Waals surface area contributed by atoms with Gasteiger partial charge in [-0.2, -0.15) is 0 Å². The predicted octanol–water partition coefficient (Wildman–Crippen LogP) is 0.492. The van der Waals surface area contributed by atoms with E-state index in [1.165, 1.54) is 29.1 Å². The van der Waals surface area contributed by atoms with Gasteiger partial charge in [0.25, 0.3) is 0 Å². The van der Waals surface area contributed by atoms with E-state index in [4.69, 9.17) is 17.3 Å². The van der Waals surface area contributed by atoms with Crippen LogP contribution in [0.4, 0.5) is 5.69 Å². The second-order valence-electron chi connectivity index (χ2n) is 3.75. The van der Waals surface area contributed by atoms with Gasteiger partial charge in [-0.1, -0.05) is 16.8 Å². The molecule has 0 bridgehead atoms. The van der Waals surface area contributed by atoms with Gasteiger partial charge in [-0.25, -0.2) is 13.1 Å². The van der Waals surface area contributed by atoms with Crippen molar-refractivity contribution in [3.8, 4) is 0 Å². The van der Waals surface area contributed by atoms with Crippen molar-refractivity contribution in [3.05, 3.63) is 35.6 Å². The monoisotopic (exact) mass is 301 g/mol. The zero-order valence-corrected chi connectivity index (χ0v) is 11.4. The zero-order chi connectivity index (χ0) is 13.9. The summed E-state index contributed by atoms with van der Waals surface area (Å²) in [5.41, 5.74) is 5.75. The lowest BCUT2D eigenvalue weighted by molar-refractivity contribution is 0.553. The fourth-order valence-electron chi connectivity index (χ4n) is 1.49. The number of nitrogens with zero attached hydrogens (tertiary/aromatic N) is 3. The Balaban J connectivity index is 2.05. The standard InChI is InChI=1S/C10H12ClN5O2S/c11-8-1-2-10(9(12)7-8)19(17,18)14-4-6-16-5-3-13-15-16/h1-3,5,7,14H,4,6,12H2. The third-order valence-electron chi connectivity index (χ3n) is 2.37. The first-order chi connectivity index (χ1) is 8.99. The van der Waals surface area contributed by atoms with Crippen molar-refractivity contribution in [1.29, 1.82) is 0 Å². The van der Waals surface area contributed by atoms with Gasteiger partial charge >= 0.3 is 0 Å². The van der Waals surface area contributed by atoms with Crippen LogP contribution in [0.3, 0.4) is 0 Å². The molecule has 9 heteroatoms. The zero-order valence-electron chi connectivity index (χ0n) is 9.82. The maximum Gasteiger partial charge on any atom is 0.242 e. The van der Waals surface area contributed by atoms with Gasteiger partial charge in [0.1, 0.15) is 4.90 Å². The lowest BCUT2D eigenvalue weighted by Gasteiger charge is -2.09. The molecular formula is C10H12ClN5O2S. The largest absolute Gasteiger partial charge is 0.398 e. The number of hydrogen-bond donors (Lipinski definition) is 2. The van der Waals surface area contributed by atoms with E-state index < -0.39 is 10.0 Å². The van der Waals surface area contributed by atoms with Crippen molar-refractivity contribution in [2.45, 2.75) is 11.4 Å². The smallest absolute Gasteiger partial charge is 0.242 e. The first-order valence-electron chi connectivity index (χ1n) is 5.38. The molecule has 0 atom stereocenters. The first kappa shape index (κ1) is 13.8. The van der Waals surface area contributed by atoms with E-state index in [9.17, 15) is 8.42 Å². The van der Waals surface area contributed by atoms with Gasteiger partial charge in [-0.3, -0.25) is 4.68 Å². The summed E-state index contributed by atoms with van der Waals surface area (Å²) >= 11 is 5.73. The summed E-state index contributed by atoms with van der Waals surface area (Å²) in [7, 11) is -3.66. The SMILES string of the molecule is Nc1cc(Cl)ccc1S(=O)(=O)NCCn1ccnn1. The lowest BCUT2D eigenvalue weighted by atomic mass is 10.3. The number of anilines is 1. The molecule has 0 aliphatic carbocycles. The average Bonchev–Trinajstić information content (AvgIpc) is 2.81. The second-order valence-corrected chi connectivity index (χ2v) is 5.92. The van der Waals surface area contributed by atoms with Crippen molar-refractivity contribution < 1.29 is 8.42 Å². The lowest BCUT2D eigenvalue weighted by Crippen LogP contribution is -2.28. The molecule has 0 radical (unpaired) electrons. The van der Waals surface area contributed by atoms with Crippen molar-refractivity contribution in [1.82, 2.24) is 19.7 Å². The third kappa shape index (κ3) is 3.43. The Kier molecular flexibility index (Phi) is 4.03. The van der Waals surface area contributed by atoms with Crippen LogP contribution >= 0.6 is 11.6 Å². The van der Waals surface area contributed by atoms with Crippen LogP contribution in [-0.2, 0) is 16.6 Å². The molecule has 1 heterocycles. The number of benzene rings is 1. The van der Waals surface area contributed by atoms with Crippen LogP contribution in [0.5, 0.6) is 0 Å². The molecule has 19 heavy (non-hydrogen) atoms. The average molecular weight is 302 g/mol. The van der Waals surface area contributed by atoms with Gasteiger partial charge in [-0.05, 0) is 18.2 Å². The molecule has 7 nitrogen and oxygen atoms in total. The molecule has 0 fully saturated rings. The van der Waals surface area contributed by atoms with Crippen molar-refractivity contribution in [3.63, 3.8) is 0 Å². The van der Waals surface area contributed by atoms with Gasteiger partial charge in [0.15, 0.2) is 0 Å². The van der Waals surface area contributed by atoms with Gasteiger partial charge in [0, 0.05) is 17.8 Å². The summed E-state index contributed by atoms with van der Waals surface area (Å²) in [5.74, 6) is 0. The summed E-state index contributed by atoms with van der Waals surface area (Å²) < 4.78 is 28.0. The minimum absolute atomic E-state index is 0.00971.